The van der Waals surface area contributed by atoms with Crippen LogP contribution in [0.2, 0.25) is 0 Å². The lowest BCUT2D eigenvalue weighted by atomic mass is 10.1. The van der Waals surface area contributed by atoms with Gasteiger partial charge < -0.3 is 14.8 Å². The van der Waals surface area contributed by atoms with Gasteiger partial charge in [0.25, 0.3) is 0 Å². The van der Waals surface area contributed by atoms with E-state index in [1.807, 2.05) is 11.7 Å². The van der Waals surface area contributed by atoms with Crippen molar-refractivity contribution in [3.05, 3.63) is 12.2 Å². The van der Waals surface area contributed by atoms with Crippen molar-refractivity contribution in [1.82, 2.24) is 20.1 Å². The van der Waals surface area contributed by atoms with Gasteiger partial charge in [0.1, 0.15) is 12.2 Å². The van der Waals surface area contributed by atoms with Crippen LogP contribution in [-0.4, -0.2) is 53.8 Å². The molecule has 1 N–H and O–H groups in total. The van der Waals surface area contributed by atoms with E-state index in [1.54, 1.807) is 6.33 Å². The van der Waals surface area contributed by atoms with Crippen molar-refractivity contribution in [2.24, 2.45) is 0 Å². The molecule has 18 heavy (non-hydrogen) atoms. The smallest absolute Gasteiger partial charge is 0.138 e. The first kappa shape index (κ1) is 13.5. The third kappa shape index (κ3) is 3.28. The number of aryl methyl sites for hydroxylation is 1. The highest BCUT2D eigenvalue weighted by atomic mass is 16.6. The summed E-state index contributed by atoms with van der Waals surface area (Å²) in [5.41, 5.74) is 0. The van der Waals surface area contributed by atoms with Gasteiger partial charge in [-0.1, -0.05) is 6.92 Å². The average molecular weight is 254 g/mol. The minimum absolute atomic E-state index is 0.0931. The Bertz CT molecular complexity index is 350. The van der Waals surface area contributed by atoms with Crippen molar-refractivity contribution in [2.45, 2.75) is 38.5 Å². The molecule has 0 aromatic carbocycles. The Morgan fingerprint density at radius 1 is 1.56 bits per heavy atom. The summed E-state index contributed by atoms with van der Waals surface area (Å²) < 4.78 is 13.2. The number of aromatic nitrogens is 3. The van der Waals surface area contributed by atoms with Crippen molar-refractivity contribution < 1.29 is 9.47 Å². The summed E-state index contributed by atoms with van der Waals surface area (Å²) in [5.74, 6) is 1.00. The number of rotatable bonds is 6. The third-order valence-corrected chi connectivity index (χ3v) is 3.19. The van der Waals surface area contributed by atoms with Crippen LogP contribution < -0.4 is 5.32 Å². The minimum atomic E-state index is 0.0931. The molecule has 0 spiro atoms. The highest BCUT2D eigenvalue weighted by Crippen LogP contribution is 2.10. The van der Waals surface area contributed by atoms with Crippen LogP contribution in [0.1, 0.15) is 19.2 Å². The molecule has 2 rings (SSSR count). The van der Waals surface area contributed by atoms with Crippen LogP contribution in [0.4, 0.5) is 0 Å². The molecule has 2 heterocycles. The topological polar surface area (TPSA) is 61.2 Å². The normalized spacial score (nSPS) is 22.0. The van der Waals surface area contributed by atoms with Crippen LogP contribution in [-0.2, 0) is 22.4 Å². The molecule has 1 aliphatic rings. The maximum atomic E-state index is 5.73. The molecule has 1 saturated heterocycles. The molecular formula is C12H22N4O2. The third-order valence-electron chi connectivity index (χ3n) is 3.19. The Morgan fingerprint density at radius 2 is 2.44 bits per heavy atom. The van der Waals surface area contributed by atoms with Gasteiger partial charge >= 0.3 is 0 Å². The van der Waals surface area contributed by atoms with Gasteiger partial charge in [0.05, 0.1) is 25.9 Å². The van der Waals surface area contributed by atoms with Crippen molar-refractivity contribution >= 4 is 0 Å². The standard InChI is InChI=1S/C12H22N4O2/c1-3-4-16-12(14-9-15-16)7-10(13-2)11-8-17-5-6-18-11/h9-11,13H,3-8H2,1-2H3. The Balaban J connectivity index is 1.98. The van der Waals surface area contributed by atoms with Gasteiger partial charge in [-0.25, -0.2) is 4.98 Å². The van der Waals surface area contributed by atoms with Gasteiger partial charge in [0, 0.05) is 19.0 Å². The number of hydrogen-bond donors (Lipinski definition) is 1. The van der Waals surface area contributed by atoms with Crippen molar-refractivity contribution in [3.8, 4) is 0 Å². The molecule has 6 nitrogen and oxygen atoms in total. The van der Waals surface area contributed by atoms with E-state index >= 15 is 0 Å². The predicted octanol–water partition coefficient (Wildman–Crippen LogP) is 0.234. The molecule has 1 aromatic rings. The second-order valence-corrected chi connectivity index (χ2v) is 4.48. The highest BCUT2D eigenvalue weighted by molar-refractivity contribution is 4.93. The van der Waals surface area contributed by atoms with Crippen LogP contribution in [0.15, 0.2) is 6.33 Å². The molecule has 0 radical (unpaired) electrons. The summed E-state index contributed by atoms with van der Waals surface area (Å²) in [5, 5.41) is 7.54. The van der Waals surface area contributed by atoms with Crippen LogP contribution >= 0.6 is 0 Å². The molecule has 1 fully saturated rings. The molecular weight excluding hydrogens is 232 g/mol. The van der Waals surface area contributed by atoms with Gasteiger partial charge in [-0.3, -0.25) is 4.68 Å². The van der Waals surface area contributed by atoms with Crippen LogP contribution in [0.25, 0.3) is 0 Å². The predicted molar refractivity (Wildman–Crippen MR) is 67.4 cm³/mol. The zero-order valence-corrected chi connectivity index (χ0v) is 11.1. The first-order chi connectivity index (χ1) is 8.85. The van der Waals surface area contributed by atoms with E-state index < -0.39 is 0 Å². The minimum Gasteiger partial charge on any atom is -0.376 e. The maximum Gasteiger partial charge on any atom is 0.138 e. The second kappa shape index (κ2) is 6.82. The summed E-state index contributed by atoms with van der Waals surface area (Å²) in [6.45, 7) is 5.06. The first-order valence-corrected chi connectivity index (χ1v) is 6.58. The van der Waals surface area contributed by atoms with Crippen LogP contribution in [0, 0.1) is 0 Å². The fourth-order valence-corrected chi connectivity index (χ4v) is 2.20. The van der Waals surface area contributed by atoms with E-state index in [2.05, 4.69) is 22.3 Å². The molecule has 1 aliphatic heterocycles. The van der Waals surface area contributed by atoms with Gasteiger partial charge in [-0.2, -0.15) is 5.10 Å². The van der Waals surface area contributed by atoms with Gasteiger partial charge in [0.15, 0.2) is 0 Å². The monoisotopic (exact) mass is 254 g/mol. The number of ether oxygens (including phenoxy) is 2. The molecule has 6 heteroatoms. The highest BCUT2D eigenvalue weighted by Gasteiger charge is 2.25. The zero-order valence-electron chi connectivity index (χ0n) is 11.1. The maximum absolute atomic E-state index is 5.73. The SMILES string of the molecule is CCCn1ncnc1CC(NC)C1COCCO1. The molecule has 1 aromatic heterocycles. The molecule has 0 aliphatic carbocycles. The lowest BCUT2D eigenvalue weighted by Crippen LogP contribution is -2.47. The van der Waals surface area contributed by atoms with E-state index in [4.69, 9.17) is 9.47 Å². The number of nitrogens with one attached hydrogen (secondary N) is 1. The second-order valence-electron chi connectivity index (χ2n) is 4.48. The molecule has 2 atom stereocenters. The Morgan fingerprint density at radius 3 is 3.11 bits per heavy atom. The summed E-state index contributed by atoms with van der Waals surface area (Å²) in [6.07, 6.45) is 3.58. The zero-order chi connectivity index (χ0) is 12.8. The van der Waals surface area contributed by atoms with Crippen molar-refractivity contribution in [1.29, 1.82) is 0 Å². The van der Waals surface area contributed by atoms with E-state index in [-0.39, 0.29) is 12.1 Å². The molecule has 102 valence electrons. The van der Waals surface area contributed by atoms with Crippen LogP contribution in [0.3, 0.4) is 0 Å². The fourth-order valence-electron chi connectivity index (χ4n) is 2.20. The fraction of sp³-hybridized carbons (Fsp3) is 0.833. The summed E-state index contributed by atoms with van der Waals surface area (Å²) in [6, 6.07) is 0.213. The molecule has 2 unspecified atom stereocenters. The Hall–Kier alpha value is -0.980. The van der Waals surface area contributed by atoms with Gasteiger partial charge in [0.2, 0.25) is 0 Å². The van der Waals surface area contributed by atoms with Gasteiger partial charge in [-0.15, -0.1) is 0 Å². The van der Waals surface area contributed by atoms with Crippen LogP contribution in [0.5, 0.6) is 0 Å². The average Bonchev–Trinajstić information content (AvgIpc) is 2.85. The number of nitrogens with zero attached hydrogens (tertiary/aromatic N) is 3. The lowest BCUT2D eigenvalue weighted by Gasteiger charge is -2.30. The molecule has 0 saturated carbocycles. The lowest BCUT2D eigenvalue weighted by molar-refractivity contribution is -0.101. The quantitative estimate of drug-likeness (QED) is 0.787. The number of likely N-dealkylation sites (N-methyl/N-ethyl adjacent to an activating group) is 1. The number of hydrogen-bond acceptors (Lipinski definition) is 5. The van der Waals surface area contributed by atoms with E-state index in [0.717, 1.165) is 25.2 Å². The summed E-state index contributed by atoms with van der Waals surface area (Å²) in [4.78, 5) is 4.33. The van der Waals surface area contributed by atoms with Gasteiger partial charge in [-0.05, 0) is 13.5 Å². The van der Waals surface area contributed by atoms with Crippen molar-refractivity contribution in [3.63, 3.8) is 0 Å². The van der Waals surface area contributed by atoms with E-state index in [0.29, 0.717) is 19.8 Å². The summed E-state index contributed by atoms with van der Waals surface area (Å²) in [7, 11) is 1.95. The molecule has 0 amide bonds. The van der Waals surface area contributed by atoms with E-state index in [1.165, 1.54) is 0 Å². The van der Waals surface area contributed by atoms with E-state index in [9.17, 15) is 0 Å². The Labute approximate surface area is 108 Å². The first-order valence-electron chi connectivity index (χ1n) is 6.58. The molecule has 0 bridgehead atoms. The summed E-state index contributed by atoms with van der Waals surface area (Å²) >= 11 is 0. The Kier molecular flexibility index (Phi) is 5.10. The van der Waals surface area contributed by atoms with Crippen molar-refractivity contribution in [2.75, 3.05) is 26.9 Å². The largest absolute Gasteiger partial charge is 0.376 e.